The standard InChI is InChI=1S/C12H8INO2/c13-10-5-1-2-6-11(10)16-12-9(8-15)4-3-7-14-12/h1-8H. The highest BCUT2D eigenvalue weighted by Gasteiger charge is 2.06. The molecule has 0 aliphatic rings. The van der Waals surface area contributed by atoms with Crippen LogP contribution < -0.4 is 4.74 Å². The number of carbonyl (C=O) groups excluding carboxylic acids is 1. The van der Waals surface area contributed by atoms with E-state index in [1.807, 2.05) is 24.3 Å². The highest BCUT2D eigenvalue weighted by Crippen LogP contribution is 2.26. The molecule has 0 aliphatic heterocycles. The van der Waals surface area contributed by atoms with Crippen LogP contribution >= 0.6 is 22.6 Å². The topological polar surface area (TPSA) is 39.2 Å². The fraction of sp³-hybridized carbons (Fsp3) is 0. The Hall–Kier alpha value is -1.43. The predicted molar refractivity (Wildman–Crippen MR) is 68.9 cm³/mol. The molecule has 0 bridgehead atoms. The smallest absolute Gasteiger partial charge is 0.229 e. The van der Waals surface area contributed by atoms with Gasteiger partial charge in [-0.2, -0.15) is 0 Å². The summed E-state index contributed by atoms with van der Waals surface area (Å²) in [6.45, 7) is 0. The van der Waals surface area contributed by atoms with Crippen LogP contribution in [0.4, 0.5) is 0 Å². The first-order valence-electron chi connectivity index (χ1n) is 4.64. The number of aldehydes is 1. The Morgan fingerprint density at radius 3 is 2.75 bits per heavy atom. The maximum absolute atomic E-state index is 10.8. The Balaban J connectivity index is 2.34. The van der Waals surface area contributed by atoms with Crippen molar-refractivity contribution in [2.75, 3.05) is 0 Å². The van der Waals surface area contributed by atoms with Crippen LogP contribution in [0.1, 0.15) is 10.4 Å². The molecule has 0 radical (unpaired) electrons. The number of pyridine rings is 1. The molecule has 0 amide bonds. The maximum Gasteiger partial charge on any atom is 0.229 e. The summed E-state index contributed by atoms with van der Waals surface area (Å²) in [5, 5.41) is 0. The Morgan fingerprint density at radius 2 is 2.00 bits per heavy atom. The quantitative estimate of drug-likeness (QED) is 0.642. The minimum Gasteiger partial charge on any atom is -0.437 e. The molecule has 0 aliphatic carbocycles. The third kappa shape index (κ3) is 2.38. The minimum atomic E-state index is 0.335. The van der Waals surface area contributed by atoms with Crippen LogP contribution in [0, 0.1) is 3.57 Å². The normalized spacial score (nSPS) is 9.81. The van der Waals surface area contributed by atoms with E-state index in [1.54, 1.807) is 18.3 Å². The molecular formula is C12H8INO2. The lowest BCUT2D eigenvalue weighted by atomic mass is 10.3. The van der Waals surface area contributed by atoms with Crippen LogP contribution in [0.5, 0.6) is 11.6 Å². The van der Waals surface area contributed by atoms with Crippen LogP contribution in [0.15, 0.2) is 42.6 Å². The molecule has 0 atom stereocenters. The van der Waals surface area contributed by atoms with E-state index in [1.165, 1.54) is 0 Å². The maximum atomic E-state index is 10.8. The molecule has 0 saturated carbocycles. The average molecular weight is 325 g/mol. The monoisotopic (exact) mass is 325 g/mol. The van der Waals surface area contributed by atoms with Gasteiger partial charge < -0.3 is 4.74 Å². The first kappa shape index (κ1) is 11.1. The van der Waals surface area contributed by atoms with Crippen LogP contribution in [-0.4, -0.2) is 11.3 Å². The summed E-state index contributed by atoms with van der Waals surface area (Å²) < 4.78 is 6.56. The van der Waals surface area contributed by atoms with Crippen molar-refractivity contribution in [3.63, 3.8) is 0 Å². The van der Waals surface area contributed by atoms with Crippen molar-refractivity contribution in [1.82, 2.24) is 4.98 Å². The Morgan fingerprint density at radius 1 is 1.19 bits per heavy atom. The van der Waals surface area contributed by atoms with E-state index in [9.17, 15) is 4.79 Å². The van der Waals surface area contributed by atoms with Gasteiger partial charge in [0.1, 0.15) is 5.75 Å². The molecule has 0 saturated heterocycles. The average Bonchev–Trinajstić information content (AvgIpc) is 2.33. The van der Waals surface area contributed by atoms with Gasteiger partial charge in [-0.15, -0.1) is 0 Å². The van der Waals surface area contributed by atoms with Crippen LogP contribution in [-0.2, 0) is 0 Å². The molecule has 16 heavy (non-hydrogen) atoms. The van der Waals surface area contributed by atoms with E-state index >= 15 is 0 Å². The largest absolute Gasteiger partial charge is 0.437 e. The molecule has 80 valence electrons. The Labute approximate surface area is 107 Å². The lowest BCUT2D eigenvalue weighted by Crippen LogP contribution is -1.94. The lowest BCUT2D eigenvalue weighted by molar-refractivity contribution is 0.112. The second kappa shape index (κ2) is 5.07. The minimum absolute atomic E-state index is 0.335. The molecule has 3 nitrogen and oxygen atoms in total. The van der Waals surface area contributed by atoms with Gasteiger partial charge in [-0.1, -0.05) is 12.1 Å². The molecule has 0 N–H and O–H groups in total. The van der Waals surface area contributed by atoms with Crippen molar-refractivity contribution in [2.45, 2.75) is 0 Å². The number of nitrogens with zero attached hydrogens (tertiary/aromatic N) is 1. The Bertz CT molecular complexity index is 514. The number of carbonyl (C=O) groups is 1. The van der Waals surface area contributed by atoms with Gasteiger partial charge in [-0.3, -0.25) is 4.79 Å². The second-order valence-electron chi connectivity index (χ2n) is 3.05. The fourth-order valence-corrected chi connectivity index (χ4v) is 1.71. The zero-order valence-electron chi connectivity index (χ0n) is 8.26. The number of para-hydroxylation sites is 1. The SMILES string of the molecule is O=Cc1cccnc1Oc1ccccc1I. The molecule has 1 aromatic heterocycles. The molecule has 0 unspecified atom stereocenters. The highest BCUT2D eigenvalue weighted by atomic mass is 127. The van der Waals surface area contributed by atoms with Crippen LogP contribution in [0.3, 0.4) is 0 Å². The molecule has 0 spiro atoms. The summed E-state index contributed by atoms with van der Waals surface area (Å²) in [5.74, 6) is 1.03. The van der Waals surface area contributed by atoms with Gasteiger partial charge >= 0.3 is 0 Å². The van der Waals surface area contributed by atoms with Gasteiger partial charge in [0.2, 0.25) is 5.88 Å². The molecule has 0 fully saturated rings. The Kier molecular flexibility index (Phi) is 3.51. The fourth-order valence-electron chi connectivity index (χ4n) is 1.21. The summed E-state index contributed by atoms with van der Waals surface area (Å²) in [6, 6.07) is 10.9. The molecule has 2 rings (SSSR count). The van der Waals surface area contributed by atoms with E-state index in [0.29, 0.717) is 17.2 Å². The zero-order valence-corrected chi connectivity index (χ0v) is 10.4. The number of rotatable bonds is 3. The summed E-state index contributed by atoms with van der Waals surface area (Å²) in [5.41, 5.74) is 0.446. The van der Waals surface area contributed by atoms with Crippen LogP contribution in [0.25, 0.3) is 0 Å². The molecule has 4 heteroatoms. The van der Waals surface area contributed by atoms with Gasteiger partial charge in [0, 0.05) is 6.20 Å². The van der Waals surface area contributed by atoms with E-state index in [0.717, 1.165) is 9.86 Å². The van der Waals surface area contributed by atoms with Crippen molar-refractivity contribution < 1.29 is 9.53 Å². The van der Waals surface area contributed by atoms with Gasteiger partial charge in [0.05, 0.1) is 9.13 Å². The summed E-state index contributed by atoms with van der Waals surface area (Å²) in [7, 11) is 0. The molecule has 1 aromatic carbocycles. The second-order valence-corrected chi connectivity index (χ2v) is 4.21. The third-order valence-electron chi connectivity index (χ3n) is 1.97. The van der Waals surface area contributed by atoms with Crippen molar-refractivity contribution in [3.8, 4) is 11.6 Å². The number of hydrogen-bond acceptors (Lipinski definition) is 3. The molecule has 2 aromatic rings. The zero-order chi connectivity index (χ0) is 11.4. The molecule has 1 heterocycles. The summed E-state index contributed by atoms with van der Waals surface area (Å²) in [4.78, 5) is 14.8. The number of aromatic nitrogens is 1. The summed E-state index contributed by atoms with van der Waals surface area (Å²) >= 11 is 2.17. The number of halogens is 1. The van der Waals surface area contributed by atoms with Crippen molar-refractivity contribution >= 4 is 28.9 Å². The van der Waals surface area contributed by atoms with Crippen LogP contribution in [0.2, 0.25) is 0 Å². The van der Waals surface area contributed by atoms with Gasteiger partial charge in [0.25, 0.3) is 0 Å². The third-order valence-corrected chi connectivity index (χ3v) is 2.86. The van der Waals surface area contributed by atoms with Gasteiger partial charge in [-0.05, 0) is 46.9 Å². The number of benzene rings is 1. The summed E-state index contributed by atoms with van der Waals surface area (Å²) in [6.07, 6.45) is 2.33. The first-order valence-corrected chi connectivity index (χ1v) is 5.71. The first-order chi connectivity index (χ1) is 7.81. The van der Waals surface area contributed by atoms with Gasteiger partial charge in [-0.25, -0.2) is 4.98 Å². The number of ether oxygens (including phenoxy) is 1. The number of hydrogen-bond donors (Lipinski definition) is 0. The predicted octanol–water partition coefficient (Wildman–Crippen LogP) is 3.29. The van der Waals surface area contributed by atoms with Crippen molar-refractivity contribution in [3.05, 3.63) is 51.7 Å². The molecular weight excluding hydrogens is 317 g/mol. The van der Waals surface area contributed by atoms with E-state index in [-0.39, 0.29) is 0 Å². The lowest BCUT2D eigenvalue weighted by Gasteiger charge is -2.07. The van der Waals surface area contributed by atoms with E-state index in [2.05, 4.69) is 27.6 Å². The van der Waals surface area contributed by atoms with Gasteiger partial charge in [0.15, 0.2) is 6.29 Å². The van der Waals surface area contributed by atoms with E-state index in [4.69, 9.17) is 4.74 Å². The van der Waals surface area contributed by atoms with Crippen molar-refractivity contribution in [1.29, 1.82) is 0 Å². The van der Waals surface area contributed by atoms with Crippen molar-refractivity contribution in [2.24, 2.45) is 0 Å². The highest BCUT2D eigenvalue weighted by molar-refractivity contribution is 14.1. The van der Waals surface area contributed by atoms with E-state index < -0.39 is 0 Å².